The largest absolute Gasteiger partial charge is 0.394 e. The zero-order chi connectivity index (χ0) is 21.9. The molecule has 0 radical (unpaired) electrons. The number of aromatic nitrogens is 1. The fourth-order valence-corrected chi connectivity index (χ4v) is 7.27. The van der Waals surface area contributed by atoms with Gasteiger partial charge >= 0.3 is 0 Å². The Morgan fingerprint density at radius 1 is 1.12 bits per heavy atom. The summed E-state index contributed by atoms with van der Waals surface area (Å²) in [4.78, 5) is 10.7. The Morgan fingerprint density at radius 2 is 1.81 bits per heavy atom. The number of rotatable bonds is 5. The quantitative estimate of drug-likeness (QED) is 0.696. The summed E-state index contributed by atoms with van der Waals surface area (Å²) in [5.41, 5.74) is 2.87. The Kier molecular flexibility index (Phi) is 5.12. The van der Waals surface area contributed by atoms with E-state index in [1.165, 1.54) is 5.69 Å². The van der Waals surface area contributed by atoms with E-state index >= 15 is 0 Å². The molecule has 2 N–H and O–H groups in total. The van der Waals surface area contributed by atoms with E-state index in [2.05, 4.69) is 33.3 Å². The molecule has 2 unspecified atom stereocenters. The van der Waals surface area contributed by atoms with E-state index in [-0.39, 0.29) is 12.1 Å². The zero-order valence-corrected chi connectivity index (χ0v) is 19.7. The molecule has 2 saturated heterocycles. The monoisotopic (exact) mass is 472 g/mol. The Labute approximate surface area is 196 Å². The van der Waals surface area contributed by atoms with E-state index in [9.17, 15) is 9.32 Å². The van der Waals surface area contributed by atoms with Crippen LogP contribution in [0.5, 0.6) is 0 Å². The highest BCUT2D eigenvalue weighted by atomic mass is 35.5. The fraction of sp³-hybridized carbons (Fsp3) is 0.542. The number of benzene rings is 1. The van der Waals surface area contributed by atoms with Gasteiger partial charge in [0.1, 0.15) is 5.82 Å². The minimum Gasteiger partial charge on any atom is -0.394 e. The molecular weight excluding hydrogens is 444 g/mol. The SMILES string of the molecule is O=[S@@]1CCc2nc(N3CC4CN(c5ccc(Cl)cc5)CC4C3)cc(NC3(CO)CCC3)c21. The molecule has 1 saturated carbocycles. The molecule has 6 nitrogen and oxygen atoms in total. The highest BCUT2D eigenvalue weighted by Gasteiger charge is 2.42. The average Bonchev–Trinajstić information content (AvgIpc) is 3.44. The molecule has 4 aliphatic rings. The highest BCUT2D eigenvalue weighted by molar-refractivity contribution is 7.85. The van der Waals surface area contributed by atoms with Crippen molar-refractivity contribution in [3.05, 3.63) is 41.0 Å². The number of nitrogens with one attached hydrogen (secondary N) is 1. The van der Waals surface area contributed by atoms with Gasteiger partial charge in [0.25, 0.3) is 0 Å². The molecule has 6 rings (SSSR count). The third-order valence-corrected chi connectivity index (χ3v) is 9.53. The molecule has 3 aliphatic heterocycles. The van der Waals surface area contributed by atoms with Gasteiger partial charge in [0.15, 0.2) is 0 Å². The summed E-state index contributed by atoms with van der Waals surface area (Å²) in [6.07, 6.45) is 3.80. The van der Waals surface area contributed by atoms with E-state index < -0.39 is 10.8 Å². The number of nitrogens with zero attached hydrogens (tertiary/aromatic N) is 3. The minimum atomic E-state index is -1.01. The third-order valence-electron chi connectivity index (χ3n) is 7.80. The predicted octanol–water partition coefficient (Wildman–Crippen LogP) is 3.30. The molecule has 1 aromatic carbocycles. The molecule has 1 aromatic heterocycles. The summed E-state index contributed by atoms with van der Waals surface area (Å²) < 4.78 is 12.7. The lowest BCUT2D eigenvalue weighted by molar-refractivity contribution is 0.144. The predicted molar refractivity (Wildman–Crippen MR) is 129 cm³/mol. The number of aryl methyl sites for hydroxylation is 1. The van der Waals surface area contributed by atoms with Gasteiger partial charge in [-0.2, -0.15) is 0 Å². The van der Waals surface area contributed by atoms with Gasteiger partial charge < -0.3 is 20.2 Å². The summed E-state index contributed by atoms with van der Waals surface area (Å²) in [7, 11) is -1.01. The fourth-order valence-electron chi connectivity index (χ4n) is 5.80. The van der Waals surface area contributed by atoms with Crippen LogP contribution in [-0.2, 0) is 17.2 Å². The first-order chi connectivity index (χ1) is 15.5. The number of hydrogen-bond donors (Lipinski definition) is 2. The molecular formula is C24H29ClN4O2S. The van der Waals surface area contributed by atoms with Crippen molar-refractivity contribution in [2.45, 2.75) is 36.1 Å². The van der Waals surface area contributed by atoms with Crippen molar-refractivity contribution in [3.63, 3.8) is 0 Å². The second kappa shape index (κ2) is 7.89. The standard InChI is InChI=1S/C24H29ClN4O2S/c25-18-2-4-19(5-3-18)28-11-16-13-29(14-17(16)12-28)22-10-21(27-24(15-30)7-1-8-24)23-20(26-22)6-9-32(23)31/h2-5,10,16-17,30H,1,6-9,11-15H2,(H,26,27)/t16?,17?,32-/m1/s1. The van der Waals surface area contributed by atoms with E-state index in [0.717, 1.165) is 79.0 Å². The number of aliphatic hydroxyl groups excluding tert-OH is 1. The maximum absolute atomic E-state index is 12.7. The number of pyridine rings is 1. The number of anilines is 3. The van der Waals surface area contributed by atoms with Gasteiger partial charge in [0, 0.05) is 67.0 Å². The Bertz CT molecular complexity index is 1040. The van der Waals surface area contributed by atoms with Crippen molar-refractivity contribution in [2.24, 2.45) is 11.8 Å². The highest BCUT2D eigenvalue weighted by Crippen LogP contribution is 2.41. The van der Waals surface area contributed by atoms with Gasteiger partial charge in [-0.05, 0) is 43.5 Å². The molecule has 32 heavy (non-hydrogen) atoms. The van der Waals surface area contributed by atoms with Gasteiger partial charge in [-0.1, -0.05) is 11.6 Å². The minimum absolute atomic E-state index is 0.112. The lowest BCUT2D eigenvalue weighted by Crippen LogP contribution is -2.48. The van der Waals surface area contributed by atoms with Crippen LogP contribution < -0.4 is 15.1 Å². The number of hydrogen-bond acceptors (Lipinski definition) is 6. The maximum Gasteiger partial charge on any atom is 0.130 e. The first kappa shape index (κ1) is 20.8. The summed E-state index contributed by atoms with van der Waals surface area (Å²) in [5, 5.41) is 14.3. The van der Waals surface area contributed by atoms with Crippen LogP contribution in [0.4, 0.5) is 17.2 Å². The van der Waals surface area contributed by atoms with Crippen LogP contribution in [0.15, 0.2) is 35.2 Å². The molecule has 1 aliphatic carbocycles. The summed E-state index contributed by atoms with van der Waals surface area (Å²) in [6.45, 7) is 4.20. The van der Waals surface area contributed by atoms with Crippen molar-refractivity contribution in [1.29, 1.82) is 0 Å². The van der Waals surface area contributed by atoms with Gasteiger partial charge in [0.05, 0.1) is 39.2 Å². The topological polar surface area (TPSA) is 68.7 Å². The van der Waals surface area contributed by atoms with Gasteiger partial charge in [-0.25, -0.2) is 4.98 Å². The van der Waals surface area contributed by atoms with Crippen LogP contribution in [0, 0.1) is 11.8 Å². The average molecular weight is 473 g/mol. The van der Waals surface area contributed by atoms with Crippen LogP contribution in [0.3, 0.4) is 0 Å². The maximum atomic E-state index is 12.7. The summed E-state index contributed by atoms with van der Waals surface area (Å²) in [6, 6.07) is 10.2. The lowest BCUT2D eigenvalue weighted by atomic mass is 9.77. The summed E-state index contributed by atoms with van der Waals surface area (Å²) >= 11 is 6.06. The molecule has 0 bridgehead atoms. The van der Waals surface area contributed by atoms with Crippen molar-refractivity contribution < 1.29 is 9.32 Å². The lowest BCUT2D eigenvalue weighted by Gasteiger charge is -2.42. The van der Waals surface area contributed by atoms with Crippen LogP contribution >= 0.6 is 11.6 Å². The van der Waals surface area contributed by atoms with E-state index in [1.807, 2.05) is 12.1 Å². The second-order valence-electron chi connectivity index (χ2n) is 9.83. The smallest absolute Gasteiger partial charge is 0.130 e. The Morgan fingerprint density at radius 3 is 2.44 bits per heavy atom. The van der Waals surface area contributed by atoms with Gasteiger partial charge in [-0.15, -0.1) is 0 Å². The van der Waals surface area contributed by atoms with E-state index in [4.69, 9.17) is 16.6 Å². The molecule has 8 heteroatoms. The van der Waals surface area contributed by atoms with Crippen molar-refractivity contribution in [3.8, 4) is 0 Å². The Balaban J connectivity index is 1.22. The molecule has 0 spiro atoms. The van der Waals surface area contributed by atoms with Crippen molar-refractivity contribution in [1.82, 2.24) is 4.98 Å². The number of halogens is 1. The van der Waals surface area contributed by atoms with E-state index in [0.29, 0.717) is 17.6 Å². The summed E-state index contributed by atoms with van der Waals surface area (Å²) in [5.74, 6) is 2.86. The number of aliphatic hydroxyl groups is 1. The normalized spacial score (nSPS) is 27.9. The molecule has 3 fully saturated rings. The van der Waals surface area contributed by atoms with Gasteiger partial charge in [0.2, 0.25) is 0 Å². The molecule has 0 amide bonds. The molecule has 3 atom stereocenters. The number of fused-ring (bicyclic) bond motifs is 2. The van der Waals surface area contributed by atoms with Gasteiger partial charge in [-0.3, -0.25) is 4.21 Å². The van der Waals surface area contributed by atoms with Crippen LogP contribution in [0.2, 0.25) is 5.02 Å². The Hall–Kier alpha value is -1.83. The van der Waals surface area contributed by atoms with E-state index in [1.54, 1.807) is 0 Å². The molecule has 170 valence electrons. The van der Waals surface area contributed by atoms with Crippen LogP contribution in [0.25, 0.3) is 0 Å². The molecule has 4 heterocycles. The zero-order valence-electron chi connectivity index (χ0n) is 18.1. The third kappa shape index (κ3) is 3.49. The first-order valence-corrected chi connectivity index (χ1v) is 13.3. The van der Waals surface area contributed by atoms with Crippen molar-refractivity contribution >= 4 is 39.6 Å². The van der Waals surface area contributed by atoms with Crippen molar-refractivity contribution in [2.75, 3.05) is 53.7 Å². The first-order valence-electron chi connectivity index (χ1n) is 11.6. The van der Waals surface area contributed by atoms with Crippen LogP contribution in [-0.4, -0.2) is 58.4 Å². The van der Waals surface area contributed by atoms with Crippen LogP contribution in [0.1, 0.15) is 25.0 Å². The second-order valence-corrected chi connectivity index (χ2v) is 11.8. The molecule has 2 aromatic rings.